The van der Waals surface area contributed by atoms with Crippen LogP contribution in [0.5, 0.6) is 0 Å². The number of carbonyl (C=O) groups is 2. The monoisotopic (exact) mass is 383 g/mol. The van der Waals surface area contributed by atoms with E-state index in [4.69, 9.17) is 0 Å². The van der Waals surface area contributed by atoms with Crippen molar-refractivity contribution in [1.29, 1.82) is 0 Å². The zero-order valence-corrected chi connectivity index (χ0v) is 16.1. The van der Waals surface area contributed by atoms with Crippen molar-refractivity contribution in [3.63, 3.8) is 0 Å². The first kappa shape index (κ1) is 18.5. The van der Waals surface area contributed by atoms with Crippen molar-refractivity contribution < 1.29 is 9.59 Å². The zero-order valence-electron chi connectivity index (χ0n) is 16.1. The smallest absolute Gasteiger partial charge is 0.258 e. The molecular formula is C24H21N3O2. The highest BCUT2D eigenvalue weighted by atomic mass is 16.2. The van der Waals surface area contributed by atoms with Crippen LogP contribution in [0.25, 0.3) is 0 Å². The van der Waals surface area contributed by atoms with Gasteiger partial charge in [0.25, 0.3) is 0 Å². The number of anilines is 2. The summed E-state index contributed by atoms with van der Waals surface area (Å²) in [5, 5.41) is 2.39. The standard InChI is InChI=1S/C24H21N3O2/c1-17-15-22(14-13-20(17)16-19-9-5-3-6-10-19)27-18(2)26(23(28)25-24(27)29)21-11-7-4-8-12-21/h3-15H,2,16H2,1H3,(H,25,28,29). The Morgan fingerprint density at radius 3 is 2.00 bits per heavy atom. The molecule has 144 valence electrons. The third kappa shape index (κ3) is 3.62. The van der Waals surface area contributed by atoms with Crippen LogP contribution in [0.4, 0.5) is 21.0 Å². The van der Waals surface area contributed by atoms with Crippen molar-refractivity contribution in [2.75, 3.05) is 9.80 Å². The van der Waals surface area contributed by atoms with E-state index in [0.29, 0.717) is 17.2 Å². The van der Waals surface area contributed by atoms with E-state index in [1.807, 2.05) is 61.5 Å². The number of carbonyl (C=O) groups excluding carboxylic acids is 2. The van der Waals surface area contributed by atoms with Crippen LogP contribution >= 0.6 is 0 Å². The molecule has 5 heteroatoms. The summed E-state index contributed by atoms with van der Waals surface area (Å²) in [4.78, 5) is 27.8. The topological polar surface area (TPSA) is 52.7 Å². The lowest BCUT2D eigenvalue weighted by Gasteiger charge is -2.37. The third-order valence-electron chi connectivity index (χ3n) is 4.97. The maximum Gasteiger partial charge on any atom is 0.335 e. The maximum atomic E-state index is 12.6. The molecule has 0 aromatic heterocycles. The van der Waals surface area contributed by atoms with E-state index in [1.54, 1.807) is 12.1 Å². The van der Waals surface area contributed by atoms with Gasteiger partial charge in [-0.1, -0.05) is 61.2 Å². The van der Waals surface area contributed by atoms with E-state index in [9.17, 15) is 9.59 Å². The molecule has 1 saturated heterocycles. The van der Waals surface area contributed by atoms with Crippen LogP contribution in [0.15, 0.2) is 91.3 Å². The second-order valence-electron chi connectivity index (χ2n) is 6.93. The molecule has 1 fully saturated rings. The Kier molecular flexibility index (Phi) is 4.87. The lowest BCUT2D eigenvalue weighted by Crippen LogP contribution is -2.57. The van der Waals surface area contributed by atoms with Gasteiger partial charge in [0.05, 0.1) is 11.4 Å². The first-order valence-electron chi connectivity index (χ1n) is 9.37. The Bertz CT molecular complexity index is 1080. The molecule has 0 radical (unpaired) electrons. The summed E-state index contributed by atoms with van der Waals surface area (Å²) in [7, 11) is 0. The van der Waals surface area contributed by atoms with Gasteiger partial charge in [0, 0.05) is 0 Å². The molecule has 0 aliphatic carbocycles. The van der Waals surface area contributed by atoms with Gasteiger partial charge in [0.1, 0.15) is 5.82 Å². The number of para-hydroxylation sites is 1. The van der Waals surface area contributed by atoms with E-state index in [1.165, 1.54) is 20.9 Å². The van der Waals surface area contributed by atoms with Crippen molar-refractivity contribution >= 4 is 23.4 Å². The van der Waals surface area contributed by atoms with Crippen LogP contribution in [0, 0.1) is 6.92 Å². The number of nitrogens with one attached hydrogen (secondary N) is 1. The van der Waals surface area contributed by atoms with Gasteiger partial charge in [-0.15, -0.1) is 0 Å². The molecular weight excluding hydrogens is 362 g/mol. The van der Waals surface area contributed by atoms with Gasteiger partial charge in [0.2, 0.25) is 0 Å². The number of urea groups is 2. The molecule has 4 amide bonds. The number of nitrogens with zero attached hydrogens (tertiary/aromatic N) is 2. The van der Waals surface area contributed by atoms with Crippen LogP contribution in [0.1, 0.15) is 16.7 Å². The Morgan fingerprint density at radius 2 is 1.38 bits per heavy atom. The van der Waals surface area contributed by atoms with Crippen molar-refractivity contribution in [3.05, 3.63) is 108 Å². The predicted molar refractivity (Wildman–Crippen MR) is 115 cm³/mol. The van der Waals surface area contributed by atoms with Gasteiger partial charge < -0.3 is 0 Å². The molecule has 1 aliphatic heterocycles. The summed E-state index contributed by atoms with van der Waals surface area (Å²) in [5.41, 5.74) is 4.78. The second kappa shape index (κ2) is 7.64. The minimum atomic E-state index is -0.514. The Hall–Kier alpha value is -3.86. The summed E-state index contributed by atoms with van der Waals surface area (Å²) in [6.07, 6.45) is 0.814. The van der Waals surface area contributed by atoms with Crippen molar-refractivity contribution in [1.82, 2.24) is 5.32 Å². The summed E-state index contributed by atoms with van der Waals surface area (Å²) < 4.78 is 0. The molecule has 3 aromatic carbocycles. The molecule has 29 heavy (non-hydrogen) atoms. The molecule has 0 unspecified atom stereocenters. The average Bonchev–Trinajstić information content (AvgIpc) is 2.71. The van der Waals surface area contributed by atoms with Crippen molar-refractivity contribution in [2.45, 2.75) is 13.3 Å². The van der Waals surface area contributed by atoms with Gasteiger partial charge in [-0.05, 0) is 54.3 Å². The van der Waals surface area contributed by atoms with Crippen molar-refractivity contribution in [3.8, 4) is 0 Å². The number of benzene rings is 3. The third-order valence-corrected chi connectivity index (χ3v) is 4.97. The summed E-state index contributed by atoms with van der Waals surface area (Å²) >= 11 is 0. The first-order chi connectivity index (χ1) is 14.0. The van der Waals surface area contributed by atoms with E-state index in [2.05, 4.69) is 24.0 Å². The maximum absolute atomic E-state index is 12.6. The van der Waals surface area contributed by atoms with Gasteiger partial charge in [0.15, 0.2) is 0 Å². The number of imide groups is 1. The highest BCUT2D eigenvalue weighted by Gasteiger charge is 2.35. The van der Waals surface area contributed by atoms with Gasteiger partial charge in [-0.3, -0.25) is 5.32 Å². The van der Waals surface area contributed by atoms with Gasteiger partial charge >= 0.3 is 12.1 Å². The zero-order chi connectivity index (χ0) is 20.4. The van der Waals surface area contributed by atoms with E-state index in [0.717, 1.165) is 12.0 Å². The fourth-order valence-corrected chi connectivity index (χ4v) is 3.48. The molecule has 1 N–H and O–H groups in total. The van der Waals surface area contributed by atoms with Crippen LogP contribution in [-0.2, 0) is 6.42 Å². The quantitative estimate of drug-likeness (QED) is 0.672. The average molecular weight is 383 g/mol. The number of rotatable bonds is 4. The minimum absolute atomic E-state index is 0.292. The lowest BCUT2D eigenvalue weighted by atomic mass is 10.00. The number of hydrogen-bond donors (Lipinski definition) is 1. The first-order valence-corrected chi connectivity index (χ1v) is 9.37. The molecule has 5 nitrogen and oxygen atoms in total. The highest BCUT2D eigenvalue weighted by Crippen LogP contribution is 2.30. The molecule has 1 aliphatic rings. The van der Waals surface area contributed by atoms with Gasteiger partial charge in [-0.2, -0.15) is 0 Å². The lowest BCUT2D eigenvalue weighted by molar-refractivity contribution is 0.231. The molecule has 1 heterocycles. The summed E-state index contributed by atoms with van der Waals surface area (Å²) in [5.74, 6) is 0.292. The SMILES string of the molecule is C=C1N(c2ccccc2)C(=O)NC(=O)N1c1ccc(Cc2ccccc2)c(C)c1. The van der Waals surface area contributed by atoms with Crippen LogP contribution < -0.4 is 15.1 Å². The van der Waals surface area contributed by atoms with E-state index < -0.39 is 12.1 Å². The van der Waals surface area contributed by atoms with E-state index >= 15 is 0 Å². The number of amides is 4. The minimum Gasteiger partial charge on any atom is -0.258 e. The Morgan fingerprint density at radius 1 is 0.793 bits per heavy atom. The molecule has 0 atom stereocenters. The van der Waals surface area contributed by atoms with Crippen molar-refractivity contribution in [2.24, 2.45) is 0 Å². The number of aryl methyl sites for hydroxylation is 1. The largest absolute Gasteiger partial charge is 0.335 e. The second-order valence-corrected chi connectivity index (χ2v) is 6.93. The number of hydrogen-bond acceptors (Lipinski definition) is 2. The van der Waals surface area contributed by atoms with Crippen LogP contribution in [-0.4, -0.2) is 12.1 Å². The van der Waals surface area contributed by atoms with Crippen LogP contribution in [0.2, 0.25) is 0 Å². The highest BCUT2D eigenvalue weighted by molar-refractivity contribution is 6.15. The fraction of sp³-hybridized carbons (Fsp3) is 0.0833. The molecule has 3 aromatic rings. The predicted octanol–water partition coefficient (Wildman–Crippen LogP) is 5.21. The molecule has 0 bridgehead atoms. The fourth-order valence-electron chi connectivity index (χ4n) is 3.48. The molecule has 4 rings (SSSR count). The van der Waals surface area contributed by atoms with E-state index in [-0.39, 0.29) is 0 Å². The Balaban J connectivity index is 1.64. The van der Waals surface area contributed by atoms with Gasteiger partial charge in [-0.25, -0.2) is 19.4 Å². The molecule has 0 spiro atoms. The summed E-state index contributed by atoms with van der Waals surface area (Å²) in [6.45, 7) is 6.04. The Labute approximate surface area is 169 Å². The van der Waals surface area contributed by atoms with Crippen LogP contribution in [0.3, 0.4) is 0 Å². The normalized spacial score (nSPS) is 14.2. The summed E-state index contributed by atoms with van der Waals surface area (Å²) in [6, 6.07) is 24.2. The molecule has 0 saturated carbocycles.